The molecule has 3 amide bonds. The van der Waals surface area contributed by atoms with Crippen LogP contribution in [0.25, 0.3) is 0 Å². The van der Waals surface area contributed by atoms with Crippen molar-refractivity contribution in [3.63, 3.8) is 0 Å². The summed E-state index contributed by atoms with van der Waals surface area (Å²) in [6, 6.07) is 9.22. The second kappa shape index (κ2) is 6.22. The fourth-order valence-corrected chi connectivity index (χ4v) is 2.32. The van der Waals surface area contributed by atoms with Gasteiger partial charge in [0.2, 0.25) is 5.91 Å². The molecule has 19 heavy (non-hydrogen) atoms. The fourth-order valence-electron chi connectivity index (χ4n) is 2.32. The van der Waals surface area contributed by atoms with Crippen LogP contribution in [0.15, 0.2) is 30.3 Å². The van der Waals surface area contributed by atoms with Gasteiger partial charge in [0.25, 0.3) is 0 Å². The normalized spacial score (nSPS) is 18.2. The molecule has 1 unspecified atom stereocenters. The molecule has 0 aromatic heterocycles. The minimum absolute atomic E-state index is 0.0904. The van der Waals surface area contributed by atoms with Crippen molar-refractivity contribution >= 4 is 11.9 Å². The van der Waals surface area contributed by atoms with Gasteiger partial charge in [-0.15, -0.1) is 0 Å². The number of hydrogen-bond acceptors (Lipinski definition) is 2. The summed E-state index contributed by atoms with van der Waals surface area (Å²) in [5, 5.41) is 5.46. The maximum atomic E-state index is 12.1. The summed E-state index contributed by atoms with van der Waals surface area (Å²) in [6.45, 7) is 1.12. The molecular formula is C14H19N3O2. The number of carbonyl (C=O) groups excluding carboxylic acids is 2. The standard InChI is InChI=1S/C14H19N3O2/c1-15-13(18)12-8-5-9-17(12)14(19)16-10-11-6-3-2-4-7-11/h2-4,6-7,12H,5,8-10H2,1H3,(H,15,18)(H,16,19). The molecule has 1 aliphatic heterocycles. The number of carbonyl (C=O) groups is 2. The van der Waals surface area contributed by atoms with Crippen LogP contribution in [-0.2, 0) is 11.3 Å². The molecule has 0 aliphatic carbocycles. The van der Waals surface area contributed by atoms with Crippen LogP contribution < -0.4 is 10.6 Å². The zero-order valence-electron chi connectivity index (χ0n) is 11.1. The smallest absolute Gasteiger partial charge is 0.318 e. The van der Waals surface area contributed by atoms with E-state index in [1.165, 1.54) is 0 Å². The summed E-state index contributed by atoms with van der Waals surface area (Å²) in [5.74, 6) is -0.0904. The number of nitrogens with one attached hydrogen (secondary N) is 2. The van der Waals surface area contributed by atoms with E-state index in [0.29, 0.717) is 13.1 Å². The molecule has 0 bridgehead atoms. The maximum absolute atomic E-state index is 12.1. The predicted octanol–water partition coefficient (Wildman–Crippen LogP) is 1.11. The Balaban J connectivity index is 1.90. The van der Waals surface area contributed by atoms with Crippen LogP contribution in [-0.4, -0.2) is 36.5 Å². The number of likely N-dealkylation sites (tertiary alicyclic amines) is 1. The lowest BCUT2D eigenvalue weighted by molar-refractivity contribution is -0.124. The molecule has 2 N–H and O–H groups in total. The molecule has 1 fully saturated rings. The van der Waals surface area contributed by atoms with Gasteiger partial charge in [-0.05, 0) is 18.4 Å². The monoisotopic (exact) mass is 261 g/mol. The molecule has 0 radical (unpaired) electrons. The molecule has 1 atom stereocenters. The Morgan fingerprint density at radius 2 is 2.05 bits per heavy atom. The van der Waals surface area contributed by atoms with Crippen LogP contribution in [0.2, 0.25) is 0 Å². The fraction of sp³-hybridized carbons (Fsp3) is 0.429. The van der Waals surface area contributed by atoms with E-state index in [0.717, 1.165) is 18.4 Å². The molecule has 1 aromatic rings. The first-order valence-electron chi connectivity index (χ1n) is 6.52. The molecule has 2 rings (SSSR count). The Morgan fingerprint density at radius 3 is 2.74 bits per heavy atom. The van der Waals surface area contributed by atoms with Crippen LogP contribution in [0.4, 0.5) is 4.79 Å². The number of urea groups is 1. The topological polar surface area (TPSA) is 61.4 Å². The molecule has 5 heteroatoms. The summed E-state index contributed by atoms with van der Waals surface area (Å²) < 4.78 is 0. The maximum Gasteiger partial charge on any atom is 0.318 e. The highest BCUT2D eigenvalue weighted by atomic mass is 16.2. The summed E-state index contributed by atoms with van der Waals surface area (Å²) in [7, 11) is 1.60. The van der Waals surface area contributed by atoms with Crippen LogP contribution in [0.5, 0.6) is 0 Å². The van der Waals surface area contributed by atoms with Gasteiger partial charge in [0.15, 0.2) is 0 Å². The minimum Gasteiger partial charge on any atom is -0.357 e. The summed E-state index contributed by atoms with van der Waals surface area (Å²) in [5.41, 5.74) is 1.05. The third-order valence-electron chi connectivity index (χ3n) is 3.35. The number of rotatable bonds is 3. The number of nitrogens with zero attached hydrogens (tertiary/aromatic N) is 1. The molecule has 1 aliphatic rings. The van der Waals surface area contributed by atoms with Gasteiger partial charge in [-0.1, -0.05) is 30.3 Å². The van der Waals surface area contributed by atoms with Gasteiger partial charge in [0.1, 0.15) is 6.04 Å². The zero-order chi connectivity index (χ0) is 13.7. The second-order valence-corrected chi connectivity index (χ2v) is 4.61. The third kappa shape index (κ3) is 3.24. The van der Waals surface area contributed by atoms with Gasteiger partial charge in [-0.2, -0.15) is 0 Å². The van der Waals surface area contributed by atoms with E-state index in [1.54, 1.807) is 11.9 Å². The lowest BCUT2D eigenvalue weighted by Crippen LogP contribution is -2.48. The van der Waals surface area contributed by atoms with Gasteiger partial charge in [0.05, 0.1) is 0 Å². The van der Waals surface area contributed by atoms with Crippen molar-refractivity contribution < 1.29 is 9.59 Å². The number of likely N-dealkylation sites (N-methyl/N-ethyl adjacent to an activating group) is 1. The van der Waals surface area contributed by atoms with Crippen molar-refractivity contribution in [2.75, 3.05) is 13.6 Å². The van der Waals surface area contributed by atoms with E-state index in [-0.39, 0.29) is 18.0 Å². The van der Waals surface area contributed by atoms with E-state index in [1.807, 2.05) is 30.3 Å². The summed E-state index contributed by atoms with van der Waals surface area (Å²) in [6.07, 6.45) is 1.61. The lowest BCUT2D eigenvalue weighted by atomic mass is 10.2. The highest BCUT2D eigenvalue weighted by Crippen LogP contribution is 2.17. The molecule has 1 saturated heterocycles. The van der Waals surface area contributed by atoms with Crippen LogP contribution in [0.1, 0.15) is 18.4 Å². The SMILES string of the molecule is CNC(=O)C1CCCN1C(=O)NCc1ccccc1. The molecule has 5 nitrogen and oxygen atoms in total. The number of benzene rings is 1. The van der Waals surface area contributed by atoms with E-state index in [2.05, 4.69) is 10.6 Å². The van der Waals surface area contributed by atoms with E-state index < -0.39 is 0 Å². The van der Waals surface area contributed by atoms with Gasteiger partial charge >= 0.3 is 6.03 Å². The van der Waals surface area contributed by atoms with Crippen molar-refractivity contribution in [3.8, 4) is 0 Å². The Kier molecular flexibility index (Phi) is 4.39. The second-order valence-electron chi connectivity index (χ2n) is 4.61. The Morgan fingerprint density at radius 1 is 1.32 bits per heavy atom. The van der Waals surface area contributed by atoms with Crippen molar-refractivity contribution in [2.45, 2.75) is 25.4 Å². The third-order valence-corrected chi connectivity index (χ3v) is 3.35. The summed E-state index contributed by atoms with van der Waals surface area (Å²) in [4.78, 5) is 25.4. The van der Waals surface area contributed by atoms with Gasteiger partial charge < -0.3 is 15.5 Å². The first-order chi connectivity index (χ1) is 9.22. The quantitative estimate of drug-likeness (QED) is 0.856. The number of amides is 3. The molecular weight excluding hydrogens is 242 g/mol. The van der Waals surface area contributed by atoms with Gasteiger partial charge in [0, 0.05) is 20.1 Å². The average molecular weight is 261 g/mol. The molecule has 102 valence electrons. The van der Waals surface area contributed by atoms with Gasteiger partial charge in [-0.25, -0.2) is 4.79 Å². The molecule has 0 spiro atoms. The Hall–Kier alpha value is -2.04. The first kappa shape index (κ1) is 13.4. The van der Waals surface area contributed by atoms with E-state index in [4.69, 9.17) is 0 Å². The van der Waals surface area contributed by atoms with Gasteiger partial charge in [-0.3, -0.25) is 4.79 Å². The molecule has 0 saturated carbocycles. The van der Waals surface area contributed by atoms with Crippen molar-refractivity contribution in [3.05, 3.63) is 35.9 Å². The predicted molar refractivity (Wildman–Crippen MR) is 72.5 cm³/mol. The Labute approximate surface area is 113 Å². The largest absolute Gasteiger partial charge is 0.357 e. The first-order valence-corrected chi connectivity index (χ1v) is 6.52. The van der Waals surface area contributed by atoms with Crippen LogP contribution in [0.3, 0.4) is 0 Å². The molecule has 1 heterocycles. The van der Waals surface area contributed by atoms with Crippen molar-refractivity contribution in [1.29, 1.82) is 0 Å². The minimum atomic E-state index is -0.333. The van der Waals surface area contributed by atoms with Crippen molar-refractivity contribution in [2.24, 2.45) is 0 Å². The highest BCUT2D eigenvalue weighted by Gasteiger charge is 2.33. The van der Waals surface area contributed by atoms with E-state index in [9.17, 15) is 9.59 Å². The van der Waals surface area contributed by atoms with Crippen molar-refractivity contribution in [1.82, 2.24) is 15.5 Å². The highest BCUT2D eigenvalue weighted by molar-refractivity contribution is 5.87. The number of hydrogen-bond donors (Lipinski definition) is 2. The summed E-state index contributed by atoms with van der Waals surface area (Å²) >= 11 is 0. The van der Waals surface area contributed by atoms with Crippen LogP contribution >= 0.6 is 0 Å². The van der Waals surface area contributed by atoms with Crippen LogP contribution in [0, 0.1) is 0 Å². The lowest BCUT2D eigenvalue weighted by Gasteiger charge is -2.23. The zero-order valence-corrected chi connectivity index (χ0v) is 11.1. The Bertz CT molecular complexity index is 447. The average Bonchev–Trinajstić information content (AvgIpc) is 2.94. The van der Waals surface area contributed by atoms with E-state index >= 15 is 0 Å². The molecule has 1 aromatic carbocycles.